The monoisotopic (exact) mass is 457 g/mol. The van der Waals surface area contributed by atoms with E-state index in [-0.39, 0.29) is 5.91 Å². The van der Waals surface area contributed by atoms with Crippen LogP contribution in [0.15, 0.2) is 33.9 Å². The number of rotatable bonds is 5. The van der Waals surface area contributed by atoms with Crippen molar-refractivity contribution in [1.82, 2.24) is 10.2 Å². The van der Waals surface area contributed by atoms with Gasteiger partial charge in [-0.3, -0.25) is 4.79 Å². The molecule has 162 valence electrons. The average molecular weight is 458 g/mol. The summed E-state index contributed by atoms with van der Waals surface area (Å²) < 4.78 is 16.9. The summed E-state index contributed by atoms with van der Waals surface area (Å²) in [7, 11) is 0. The van der Waals surface area contributed by atoms with E-state index in [0.717, 1.165) is 23.6 Å². The molecule has 0 radical (unpaired) electrons. The number of carbonyl (C=O) groups excluding carboxylic acids is 1. The van der Waals surface area contributed by atoms with Crippen molar-refractivity contribution < 1.29 is 18.7 Å². The smallest absolute Gasteiger partial charge is 0.277 e. The molecule has 0 saturated heterocycles. The summed E-state index contributed by atoms with van der Waals surface area (Å²) in [4.78, 5) is 15.1. The summed E-state index contributed by atoms with van der Waals surface area (Å²) >= 11 is 2.98. The number of anilines is 1. The lowest BCUT2D eigenvalue weighted by atomic mass is 9.90. The van der Waals surface area contributed by atoms with E-state index in [9.17, 15) is 4.79 Å². The van der Waals surface area contributed by atoms with Crippen LogP contribution in [0.5, 0.6) is 11.5 Å². The Hall–Kier alpha value is -2.52. The third kappa shape index (κ3) is 4.43. The molecule has 0 bridgehead atoms. The fraction of sp³-hybridized carbons (Fsp3) is 0.409. The van der Waals surface area contributed by atoms with Crippen molar-refractivity contribution in [1.29, 1.82) is 0 Å². The molecule has 5 rings (SSSR count). The fourth-order valence-electron chi connectivity index (χ4n) is 3.74. The van der Waals surface area contributed by atoms with Crippen molar-refractivity contribution in [2.75, 3.05) is 18.5 Å². The molecule has 7 nitrogen and oxygen atoms in total. The SMILES string of the molecule is C[C@@H]1CCc2sc(-c3nnc(S[C@@H](C)C(=O)Nc4ccc5c(c4)OCCO5)o3)cc2C1. The van der Waals surface area contributed by atoms with Gasteiger partial charge in [-0.2, -0.15) is 0 Å². The molecule has 0 unspecified atom stereocenters. The highest BCUT2D eigenvalue weighted by atomic mass is 32.2. The number of amides is 1. The summed E-state index contributed by atoms with van der Waals surface area (Å²) in [5, 5.41) is 11.2. The van der Waals surface area contributed by atoms with Crippen molar-refractivity contribution in [3.8, 4) is 22.3 Å². The maximum Gasteiger partial charge on any atom is 0.277 e. The zero-order valence-electron chi connectivity index (χ0n) is 17.3. The van der Waals surface area contributed by atoms with E-state index in [2.05, 4.69) is 28.5 Å². The van der Waals surface area contributed by atoms with Crippen molar-refractivity contribution >= 4 is 34.7 Å². The van der Waals surface area contributed by atoms with Crippen molar-refractivity contribution in [3.63, 3.8) is 0 Å². The second-order valence-corrected chi connectivity index (χ2v) is 10.3. The molecule has 3 aromatic rings. The van der Waals surface area contributed by atoms with Crippen LogP contribution in [0.1, 0.15) is 30.7 Å². The highest BCUT2D eigenvalue weighted by molar-refractivity contribution is 8.00. The Morgan fingerprint density at radius 3 is 2.94 bits per heavy atom. The molecule has 2 aromatic heterocycles. The topological polar surface area (TPSA) is 86.5 Å². The van der Waals surface area contributed by atoms with Crippen LogP contribution in [0.25, 0.3) is 10.8 Å². The zero-order valence-corrected chi connectivity index (χ0v) is 19.0. The Morgan fingerprint density at radius 2 is 2.06 bits per heavy atom. The van der Waals surface area contributed by atoms with E-state index in [1.807, 2.05) is 6.92 Å². The second-order valence-electron chi connectivity index (χ2n) is 7.89. The molecule has 1 amide bonds. The fourth-order valence-corrected chi connectivity index (χ4v) is 5.55. The highest BCUT2D eigenvalue weighted by Crippen LogP contribution is 2.38. The Balaban J connectivity index is 1.22. The van der Waals surface area contributed by atoms with Gasteiger partial charge in [-0.05, 0) is 55.9 Å². The third-order valence-electron chi connectivity index (χ3n) is 5.40. The quantitative estimate of drug-likeness (QED) is 0.550. The van der Waals surface area contributed by atoms with E-state index >= 15 is 0 Å². The van der Waals surface area contributed by atoms with Gasteiger partial charge in [0.05, 0.1) is 10.1 Å². The minimum Gasteiger partial charge on any atom is -0.486 e. The molecule has 9 heteroatoms. The van der Waals surface area contributed by atoms with Gasteiger partial charge in [0.2, 0.25) is 5.91 Å². The Labute approximate surface area is 188 Å². The molecule has 0 fully saturated rings. The van der Waals surface area contributed by atoms with E-state index in [4.69, 9.17) is 13.9 Å². The van der Waals surface area contributed by atoms with Crippen LogP contribution >= 0.6 is 23.1 Å². The summed E-state index contributed by atoms with van der Waals surface area (Å²) in [5.74, 6) is 2.42. The van der Waals surface area contributed by atoms with Gasteiger partial charge in [-0.1, -0.05) is 18.7 Å². The number of thiophene rings is 1. The number of ether oxygens (including phenoxy) is 2. The molecule has 1 aliphatic carbocycles. The second kappa shape index (κ2) is 8.55. The van der Waals surface area contributed by atoms with Crippen molar-refractivity contribution in [2.45, 2.75) is 43.6 Å². The van der Waals surface area contributed by atoms with Crippen LogP contribution in [0.3, 0.4) is 0 Å². The number of thioether (sulfide) groups is 1. The molecule has 31 heavy (non-hydrogen) atoms. The molecular weight excluding hydrogens is 434 g/mol. The standard InChI is InChI=1S/C22H23N3O4S2/c1-12-3-6-18-14(9-12)10-19(31-18)21-24-25-22(29-21)30-13(2)20(26)23-15-4-5-16-17(11-15)28-8-7-27-16/h4-5,10-13H,3,6-9H2,1-2H3,(H,23,26)/t12-,13+/m1/s1. The number of aryl methyl sites for hydroxylation is 1. The van der Waals surface area contributed by atoms with Gasteiger partial charge in [0.15, 0.2) is 11.5 Å². The molecule has 1 aromatic carbocycles. The van der Waals surface area contributed by atoms with Crippen molar-refractivity contribution in [2.24, 2.45) is 5.92 Å². The van der Waals surface area contributed by atoms with Gasteiger partial charge < -0.3 is 19.2 Å². The van der Waals surface area contributed by atoms with Crippen LogP contribution in [0.4, 0.5) is 5.69 Å². The van der Waals surface area contributed by atoms with E-state index < -0.39 is 5.25 Å². The molecule has 3 heterocycles. The van der Waals surface area contributed by atoms with Gasteiger partial charge in [-0.15, -0.1) is 21.5 Å². The lowest BCUT2D eigenvalue weighted by Gasteiger charge is -2.19. The number of nitrogens with zero attached hydrogens (tertiary/aromatic N) is 2. The van der Waals surface area contributed by atoms with Crippen LogP contribution in [-0.2, 0) is 17.6 Å². The first-order valence-corrected chi connectivity index (χ1v) is 12.1. The third-order valence-corrected chi connectivity index (χ3v) is 7.56. The first-order valence-electron chi connectivity index (χ1n) is 10.4. The average Bonchev–Trinajstić information content (AvgIpc) is 3.40. The Bertz CT molecular complexity index is 1110. The minimum absolute atomic E-state index is 0.151. The van der Waals surface area contributed by atoms with Crippen LogP contribution in [0, 0.1) is 5.92 Å². The Morgan fingerprint density at radius 1 is 1.23 bits per heavy atom. The number of benzene rings is 1. The summed E-state index contributed by atoms with van der Waals surface area (Å²) in [6.07, 6.45) is 3.46. The summed E-state index contributed by atoms with van der Waals surface area (Å²) in [6, 6.07) is 7.55. The summed E-state index contributed by atoms with van der Waals surface area (Å²) in [5.41, 5.74) is 2.06. The van der Waals surface area contributed by atoms with E-state index in [0.29, 0.717) is 41.5 Å². The maximum absolute atomic E-state index is 12.6. The predicted molar refractivity (Wildman–Crippen MR) is 120 cm³/mol. The van der Waals surface area contributed by atoms with Gasteiger partial charge >= 0.3 is 0 Å². The van der Waals surface area contributed by atoms with Gasteiger partial charge in [0, 0.05) is 16.6 Å². The van der Waals surface area contributed by atoms with E-state index in [1.54, 1.807) is 29.5 Å². The van der Waals surface area contributed by atoms with Crippen molar-refractivity contribution in [3.05, 3.63) is 34.7 Å². The normalized spacial score (nSPS) is 18.3. The van der Waals surface area contributed by atoms with Crippen LogP contribution in [0.2, 0.25) is 0 Å². The van der Waals surface area contributed by atoms with Gasteiger partial charge in [-0.25, -0.2) is 0 Å². The lowest BCUT2D eigenvalue weighted by Crippen LogP contribution is -2.22. The number of carbonyl (C=O) groups is 1. The number of fused-ring (bicyclic) bond motifs is 2. The lowest BCUT2D eigenvalue weighted by molar-refractivity contribution is -0.115. The molecule has 1 N–H and O–H groups in total. The molecule has 1 aliphatic heterocycles. The molecule has 0 spiro atoms. The number of nitrogens with one attached hydrogen (secondary N) is 1. The van der Waals surface area contributed by atoms with Gasteiger partial charge in [0.1, 0.15) is 13.2 Å². The Kier molecular flexibility index (Phi) is 5.62. The number of hydrogen-bond donors (Lipinski definition) is 1. The van der Waals surface area contributed by atoms with E-state index in [1.165, 1.54) is 28.6 Å². The first-order chi connectivity index (χ1) is 15.0. The molecule has 2 aliphatic rings. The molecule has 2 atom stereocenters. The molecule has 0 saturated carbocycles. The predicted octanol–water partition coefficient (Wildman–Crippen LogP) is 4.81. The number of aromatic nitrogens is 2. The maximum atomic E-state index is 12.6. The zero-order chi connectivity index (χ0) is 21.4. The number of hydrogen-bond acceptors (Lipinski definition) is 8. The largest absolute Gasteiger partial charge is 0.486 e. The summed E-state index contributed by atoms with van der Waals surface area (Å²) in [6.45, 7) is 5.14. The van der Waals surface area contributed by atoms with Crippen LogP contribution in [-0.4, -0.2) is 34.6 Å². The highest BCUT2D eigenvalue weighted by Gasteiger charge is 2.23. The van der Waals surface area contributed by atoms with Gasteiger partial charge in [0.25, 0.3) is 11.1 Å². The van der Waals surface area contributed by atoms with Crippen LogP contribution < -0.4 is 14.8 Å². The first kappa shape index (κ1) is 20.4. The minimum atomic E-state index is -0.404. The molecular formula is C22H23N3O4S2.